The first-order valence-corrected chi connectivity index (χ1v) is 6.02. The van der Waals surface area contributed by atoms with Gasteiger partial charge in [-0.15, -0.1) is 0 Å². The first-order valence-electron chi connectivity index (χ1n) is 5.23. The Balaban J connectivity index is 2.17. The maximum Gasteiger partial charge on any atom is 0.354 e. The lowest BCUT2D eigenvalue weighted by Gasteiger charge is -2.36. The molecule has 1 fully saturated rings. The molecule has 94 valence electrons. The van der Waals surface area contributed by atoms with E-state index in [-0.39, 0.29) is 18.8 Å². The smallest absolute Gasteiger partial charge is 0.354 e. The lowest BCUT2D eigenvalue weighted by Crippen LogP contribution is -2.49. The number of anilines is 1. The van der Waals surface area contributed by atoms with Crippen molar-refractivity contribution in [3.05, 3.63) is 22.4 Å². The third-order valence-electron chi connectivity index (χ3n) is 2.76. The van der Waals surface area contributed by atoms with Gasteiger partial charge in [-0.05, 0) is 15.9 Å². The summed E-state index contributed by atoms with van der Waals surface area (Å²) in [6, 6.07) is 3.02. The standard InChI is InChI=1S/C10H8BrFN4O2/c11-7-2-8-13-6(10(17)18)1-9(16(8)14-7)15-3-5(12)4-15/h1-2,5H,3-4H2,(H,17,18). The number of nitrogens with zero attached hydrogens (tertiary/aromatic N) is 4. The molecule has 0 saturated carbocycles. The van der Waals surface area contributed by atoms with E-state index < -0.39 is 12.1 Å². The molecule has 0 spiro atoms. The molecule has 0 atom stereocenters. The van der Waals surface area contributed by atoms with Crippen LogP contribution in [0.2, 0.25) is 0 Å². The van der Waals surface area contributed by atoms with E-state index in [9.17, 15) is 9.18 Å². The minimum absolute atomic E-state index is 0.0767. The number of halogens is 2. The molecule has 18 heavy (non-hydrogen) atoms. The molecular formula is C10H8BrFN4O2. The molecule has 1 aliphatic rings. The van der Waals surface area contributed by atoms with Crippen molar-refractivity contribution in [2.24, 2.45) is 0 Å². The highest BCUT2D eigenvalue weighted by Crippen LogP contribution is 2.25. The lowest BCUT2D eigenvalue weighted by atomic mass is 10.2. The van der Waals surface area contributed by atoms with Crippen LogP contribution in [0.15, 0.2) is 16.7 Å². The van der Waals surface area contributed by atoms with Crippen LogP contribution in [-0.4, -0.2) is 44.9 Å². The molecule has 0 aliphatic carbocycles. The number of aromatic carboxylic acids is 1. The van der Waals surface area contributed by atoms with Crippen LogP contribution in [0.1, 0.15) is 10.5 Å². The Morgan fingerprint density at radius 3 is 2.83 bits per heavy atom. The number of rotatable bonds is 2. The zero-order valence-electron chi connectivity index (χ0n) is 9.05. The number of hydrogen-bond acceptors (Lipinski definition) is 4. The average molecular weight is 315 g/mol. The zero-order chi connectivity index (χ0) is 12.9. The van der Waals surface area contributed by atoms with E-state index >= 15 is 0 Å². The van der Waals surface area contributed by atoms with Crippen molar-refractivity contribution in [2.45, 2.75) is 6.17 Å². The van der Waals surface area contributed by atoms with E-state index in [0.717, 1.165) is 0 Å². The molecule has 0 aromatic carbocycles. The summed E-state index contributed by atoms with van der Waals surface area (Å²) in [5.41, 5.74) is 0.339. The highest BCUT2D eigenvalue weighted by molar-refractivity contribution is 9.10. The van der Waals surface area contributed by atoms with Crippen molar-refractivity contribution >= 4 is 33.4 Å². The Bertz CT molecular complexity index is 638. The van der Waals surface area contributed by atoms with Gasteiger partial charge in [0, 0.05) is 12.1 Å². The van der Waals surface area contributed by atoms with Gasteiger partial charge in [0.15, 0.2) is 11.3 Å². The van der Waals surface area contributed by atoms with Gasteiger partial charge in [-0.25, -0.2) is 14.2 Å². The van der Waals surface area contributed by atoms with Crippen LogP contribution in [0.4, 0.5) is 10.2 Å². The van der Waals surface area contributed by atoms with E-state index in [0.29, 0.717) is 16.1 Å². The quantitative estimate of drug-likeness (QED) is 0.906. The van der Waals surface area contributed by atoms with Gasteiger partial charge in [-0.2, -0.15) is 9.61 Å². The summed E-state index contributed by atoms with van der Waals surface area (Å²) in [6.07, 6.45) is -0.875. The topological polar surface area (TPSA) is 70.7 Å². The predicted molar refractivity (Wildman–Crippen MR) is 64.8 cm³/mol. The number of hydrogen-bond donors (Lipinski definition) is 1. The number of carbonyl (C=O) groups is 1. The molecule has 1 saturated heterocycles. The Morgan fingerprint density at radius 2 is 2.22 bits per heavy atom. The second-order valence-electron chi connectivity index (χ2n) is 4.04. The minimum atomic E-state index is -1.12. The van der Waals surface area contributed by atoms with Crippen LogP contribution in [0.3, 0.4) is 0 Å². The van der Waals surface area contributed by atoms with Crippen molar-refractivity contribution in [1.29, 1.82) is 0 Å². The Hall–Kier alpha value is -1.70. The molecule has 2 aromatic heterocycles. The van der Waals surface area contributed by atoms with Gasteiger partial charge in [0.05, 0.1) is 13.1 Å². The molecule has 6 nitrogen and oxygen atoms in total. The maximum absolute atomic E-state index is 12.9. The number of fused-ring (bicyclic) bond motifs is 1. The summed E-state index contributed by atoms with van der Waals surface area (Å²) in [5.74, 6) is -0.578. The number of carboxylic acids is 1. The molecule has 1 aliphatic heterocycles. The second-order valence-corrected chi connectivity index (χ2v) is 4.86. The molecule has 0 radical (unpaired) electrons. The molecule has 8 heteroatoms. The normalized spacial score (nSPS) is 16.0. The fourth-order valence-corrected chi connectivity index (χ4v) is 2.24. The number of alkyl halides is 1. The third kappa shape index (κ3) is 1.72. The van der Waals surface area contributed by atoms with Crippen molar-refractivity contribution in [1.82, 2.24) is 14.6 Å². The van der Waals surface area contributed by atoms with Crippen LogP contribution in [0, 0.1) is 0 Å². The van der Waals surface area contributed by atoms with Gasteiger partial charge in [-0.1, -0.05) is 0 Å². The SMILES string of the molecule is O=C(O)c1cc(N2CC(F)C2)n2nc(Br)cc2n1. The van der Waals surface area contributed by atoms with E-state index in [1.54, 1.807) is 11.0 Å². The van der Waals surface area contributed by atoms with Gasteiger partial charge < -0.3 is 10.0 Å². The monoisotopic (exact) mass is 314 g/mol. The van der Waals surface area contributed by atoms with Crippen LogP contribution >= 0.6 is 15.9 Å². The molecular weight excluding hydrogens is 307 g/mol. The van der Waals surface area contributed by atoms with Crippen LogP contribution in [0.5, 0.6) is 0 Å². The Morgan fingerprint density at radius 1 is 1.50 bits per heavy atom. The highest BCUT2D eigenvalue weighted by Gasteiger charge is 2.29. The van der Waals surface area contributed by atoms with Gasteiger partial charge in [0.1, 0.15) is 16.6 Å². The molecule has 0 unspecified atom stereocenters. The number of aromatic nitrogens is 3. The van der Waals surface area contributed by atoms with E-state index in [1.807, 2.05) is 0 Å². The van der Waals surface area contributed by atoms with Gasteiger partial charge in [-0.3, -0.25) is 0 Å². The highest BCUT2D eigenvalue weighted by atomic mass is 79.9. The summed E-state index contributed by atoms with van der Waals surface area (Å²) in [6.45, 7) is 0.491. The molecule has 3 heterocycles. The predicted octanol–water partition coefficient (Wildman–Crippen LogP) is 1.35. The summed E-state index contributed by atoms with van der Waals surface area (Å²) >= 11 is 3.21. The van der Waals surface area contributed by atoms with Crippen LogP contribution < -0.4 is 4.90 Å². The molecule has 2 aromatic rings. The minimum Gasteiger partial charge on any atom is -0.477 e. The van der Waals surface area contributed by atoms with Crippen molar-refractivity contribution in [2.75, 3.05) is 18.0 Å². The van der Waals surface area contributed by atoms with Crippen molar-refractivity contribution in [3.8, 4) is 0 Å². The summed E-state index contributed by atoms with van der Waals surface area (Å²) in [5, 5.41) is 13.2. The summed E-state index contributed by atoms with van der Waals surface area (Å²) < 4.78 is 15.0. The second kappa shape index (κ2) is 3.91. The third-order valence-corrected chi connectivity index (χ3v) is 3.15. The lowest BCUT2D eigenvalue weighted by molar-refractivity contribution is 0.0690. The first kappa shape index (κ1) is 11.4. The van der Waals surface area contributed by atoms with Crippen molar-refractivity contribution in [3.63, 3.8) is 0 Å². The van der Waals surface area contributed by atoms with Gasteiger partial charge >= 0.3 is 5.97 Å². The van der Waals surface area contributed by atoms with Gasteiger partial charge in [0.25, 0.3) is 0 Å². The number of carboxylic acid groups (broad SMARTS) is 1. The van der Waals surface area contributed by atoms with Crippen LogP contribution in [0.25, 0.3) is 5.65 Å². The average Bonchev–Trinajstić information content (AvgIpc) is 2.63. The van der Waals surface area contributed by atoms with E-state index in [1.165, 1.54) is 10.6 Å². The maximum atomic E-state index is 12.9. The van der Waals surface area contributed by atoms with Crippen LogP contribution in [-0.2, 0) is 0 Å². The molecule has 1 N–H and O–H groups in total. The van der Waals surface area contributed by atoms with Gasteiger partial charge in [0.2, 0.25) is 0 Å². The van der Waals surface area contributed by atoms with E-state index in [2.05, 4.69) is 26.0 Å². The van der Waals surface area contributed by atoms with Crippen molar-refractivity contribution < 1.29 is 14.3 Å². The first-order chi connectivity index (χ1) is 8.54. The van der Waals surface area contributed by atoms with E-state index in [4.69, 9.17) is 5.11 Å². The summed E-state index contributed by atoms with van der Waals surface area (Å²) in [4.78, 5) is 16.7. The largest absolute Gasteiger partial charge is 0.477 e. The molecule has 0 bridgehead atoms. The fourth-order valence-electron chi connectivity index (χ4n) is 1.88. The Labute approximate surface area is 109 Å². The molecule has 3 rings (SSSR count). The fraction of sp³-hybridized carbons (Fsp3) is 0.300. The summed E-state index contributed by atoms with van der Waals surface area (Å²) in [7, 11) is 0. The Kier molecular flexibility index (Phi) is 2.47. The zero-order valence-corrected chi connectivity index (χ0v) is 10.6. The molecule has 0 amide bonds.